The summed E-state index contributed by atoms with van der Waals surface area (Å²) in [5.74, 6) is -0.474. The van der Waals surface area contributed by atoms with Crippen LogP contribution < -0.4 is 5.73 Å². The number of carbonyl (C=O) groups excluding carboxylic acids is 1. The summed E-state index contributed by atoms with van der Waals surface area (Å²) in [7, 11) is 0. The minimum atomic E-state index is -0.653. The van der Waals surface area contributed by atoms with Crippen molar-refractivity contribution in [2.45, 2.75) is 13.0 Å². The molecule has 1 rings (SSSR count). The minimum Gasteiger partial charge on any atom is -0.459 e. The van der Waals surface area contributed by atoms with Crippen molar-refractivity contribution in [1.29, 1.82) is 0 Å². The van der Waals surface area contributed by atoms with Crippen LogP contribution in [0.2, 0.25) is 0 Å². The summed E-state index contributed by atoms with van der Waals surface area (Å²) in [6, 6.07) is 6.50. The van der Waals surface area contributed by atoms with Crippen LogP contribution >= 0.6 is 0 Å². The summed E-state index contributed by atoms with van der Waals surface area (Å²) in [5.41, 5.74) is 6.40. The standard InChI is InChI=1S/C10H13NO3/c1-7(12)6-14-10(13)8-3-2-4-9(11)5-8/h2-5,7,12H,6,11H2,1H3. The smallest absolute Gasteiger partial charge is 0.338 e. The molecule has 0 aliphatic carbocycles. The molecule has 4 nitrogen and oxygen atoms in total. The molecule has 0 amide bonds. The van der Waals surface area contributed by atoms with Crippen LogP contribution in [-0.2, 0) is 4.74 Å². The normalized spacial score (nSPS) is 12.1. The summed E-state index contributed by atoms with van der Waals surface area (Å²) in [6.45, 7) is 1.54. The lowest BCUT2D eigenvalue weighted by Gasteiger charge is -2.06. The molecule has 0 radical (unpaired) electrons. The fourth-order valence-corrected chi connectivity index (χ4v) is 0.945. The van der Waals surface area contributed by atoms with Crippen LogP contribution in [0.5, 0.6) is 0 Å². The third-order valence-electron chi connectivity index (χ3n) is 1.58. The molecular weight excluding hydrogens is 182 g/mol. The maximum absolute atomic E-state index is 11.3. The van der Waals surface area contributed by atoms with Gasteiger partial charge >= 0.3 is 5.97 Å². The maximum atomic E-state index is 11.3. The van der Waals surface area contributed by atoms with Crippen LogP contribution in [0.15, 0.2) is 24.3 Å². The van der Waals surface area contributed by atoms with Crippen LogP contribution in [-0.4, -0.2) is 23.8 Å². The van der Waals surface area contributed by atoms with E-state index >= 15 is 0 Å². The average molecular weight is 195 g/mol. The second-order valence-corrected chi connectivity index (χ2v) is 3.07. The SMILES string of the molecule is CC(O)COC(=O)c1cccc(N)c1. The molecule has 0 aliphatic heterocycles. The number of aliphatic hydroxyl groups is 1. The summed E-state index contributed by atoms with van der Waals surface area (Å²) in [4.78, 5) is 11.3. The van der Waals surface area contributed by atoms with E-state index in [0.29, 0.717) is 11.3 Å². The van der Waals surface area contributed by atoms with Gasteiger partial charge in [-0.05, 0) is 25.1 Å². The van der Waals surface area contributed by atoms with Crippen LogP contribution in [0, 0.1) is 0 Å². The highest BCUT2D eigenvalue weighted by molar-refractivity contribution is 5.90. The molecule has 0 saturated heterocycles. The first-order valence-corrected chi connectivity index (χ1v) is 4.30. The molecule has 0 aromatic heterocycles. The number of anilines is 1. The van der Waals surface area contributed by atoms with Crippen molar-refractivity contribution >= 4 is 11.7 Å². The Kier molecular flexibility index (Phi) is 3.48. The van der Waals surface area contributed by atoms with Crippen LogP contribution in [0.4, 0.5) is 5.69 Å². The van der Waals surface area contributed by atoms with E-state index in [1.165, 1.54) is 6.07 Å². The van der Waals surface area contributed by atoms with Crippen LogP contribution in [0.25, 0.3) is 0 Å². The molecule has 1 atom stereocenters. The summed E-state index contributed by atoms with van der Waals surface area (Å²) >= 11 is 0. The lowest BCUT2D eigenvalue weighted by atomic mass is 10.2. The number of hydrogen-bond acceptors (Lipinski definition) is 4. The van der Waals surface area contributed by atoms with Gasteiger partial charge in [0.05, 0.1) is 11.7 Å². The van der Waals surface area contributed by atoms with Crippen molar-refractivity contribution in [1.82, 2.24) is 0 Å². The number of carbonyl (C=O) groups is 1. The number of nitrogen functional groups attached to an aromatic ring is 1. The van der Waals surface area contributed by atoms with Gasteiger partial charge in [0.1, 0.15) is 6.61 Å². The van der Waals surface area contributed by atoms with Crippen LogP contribution in [0.3, 0.4) is 0 Å². The molecular formula is C10H13NO3. The van der Waals surface area contributed by atoms with Crippen molar-refractivity contribution in [3.05, 3.63) is 29.8 Å². The number of ether oxygens (including phenoxy) is 1. The highest BCUT2D eigenvalue weighted by Crippen LogP contribution is 2.07. The Bertz CT molecular complexity index is 323. The van der Waals surface area contributed by atoms with Gasteiger partial charge in [0.15, 0.2) is 0 Å². The Morgan fingerprint density at radius 2 is 2.36 bits per heavy atom. The monoisotopic (exact) mass is 195 g/mol. The first-order valence-electron chi connectivity index (χ1n) is 4.30. The quantitative estimate of drug-likeness (QED) is 0.553. The zero-order chi connectivity index (χ0) is 10.6. The Labute approximate surface area is 82.3 Å². The molecule has 0 saturated carbocycles. The molecule has 0 aliphatic rings. The molecule has 0 bridgehead atoms. The predicted molar refractivity (Wildman–Crippen MR) is 52.8 cm³/mol. The summed E-state index contributed by atoms with van der Waals surface area (Å²) < 4.78 is 4.80. The number of esters is 1. The molecule has 0 fully saturated rings. The van der Waals surface area contributed by atoms with Crippen molar-refractivity contribution in [3.63, 3.8) is 0 Å². The molecule has 0 spiro atoms. The summed E-state index contributed by atoms with van der Waals surface area (Å²) in [5, 5.41) is 8.90. The first kappa shape index (κ1) is 10.5. The van der Waals surface area contributed by atoms with E-state index < -0.39 is 12.1 Å². The van der Waals surface area contributed by atoms with Crippen LogP contribution in [0.1, 0.15) is 17.3 Å². The van der Waals surface area contributed by atoms with Crippen molar-refractivity contribution in [2.75, 3.05) is 12.3 Å². The Balaban J connectivity index is 2.61. The number of aliphatic hydroxyl groups excluding tert-OH is 1. The Morgan fingerprint density at radius 3 is 2.93 bits per heavy atom. The second kappa shape index (κ2) is 4.62. The van der Waals surface area contributed by atoms with Gasteiger partial charge in [0, 0.05) is 5.69 Å². The van der Waals surface area contributed by atoms with E-state index in [1.54, 1.807) is 25.1 Å². The lowest BCUT2D eigenvalue weighted by molar-refractivity contribution is 0.0296. The molecule has 76 valence electrons. The zero-order valence-corrected chi connectivity index (χ0v) is 7.93. The van der Waals surface area contributed by atoms with E-state index in [9.17, 15) is 4.79 Å². The molecule has 1 unspecified atom stereocenters. The largest absolute Gasteiger partial charge is 0.459 e. The number of nitrogens with two attached hydrogens (primary N) is 1. The fourth-order valence-electron chi connectivity index (χ4n) is 0.945. The first-order chi connectivity index (χ1) is 6.59. The molecule has 4 heteroatoms. The molecule has 14 heavy (non-hydrogen) atoms. The van der Waals surface area contributed by atoms with Gasteiger partial charge in [-0.3, -0.25) is 0 Å². The summed E-state index contributed by atoms with van der Waals surface area (Å²) in [6.07, 6.45) is -0.653. The second-order valence-electron chi connectivity index (χ2n) is 3.07. The zero-order valence-electron chi connectivity index (χ0n) is 7.93. The maximum Gasteiger partial charge on any atom is 0.338 e. The van der Waals surface area contributed by atoms with Gasteiger partial charge in [-0.25, -0.2) is 4.79 Å². The van der Waals surface area contributed by atoms with Crippen molar-refractivity contribution < 1.29 is 14.6 Å². The number of rotatable bonds is 3. The topological polar surface area (TPSA) is 72.5 Å². The highest BCUT2D eigenvalue weighted by Gasteiger charge is 2.07. The Morgan fingerprint density at radius 1 is 1.64 bits per heavy atom. The third kappa shape index (κ3) is 3.06. The van der Waals surface area contributed by atoms with E-state index in [1.807, 2.05) is 0 Å². The van der Waals surface area contributed by atoms with E-state index in [2.05, 4.69) is 0 Å². The van der Waals surface area contributed by atoms with Crippen molar-refractivity contribution in [2.24, 2.45) is 0 Å². The molecule has 3 N–H and O–H groups in total. The van der Waals surface area contributed by atoms with E-state index in [-0.39, 0.29) is 6.61 Å². The van der Waals surface area contributed by atoms with Crippen molar-refractivity contribution in [3.8, 4) is 0 Å². The average Bonchev–Trinajstić information content (AvgIpc) is 2.14. The van der Waals surface area contributed by atoms with E-state index in [4.69, 9.17) is 15.6 Å². The highest BCUT2D eigenvalue weighted by atomic mass is 16.5. The lowest BCUT2D eigenvalue weighted by Crippen LogP contribution is -2.15. The predicted octanol–water partition coefficient (Wildman–Crippen LogP) is 0.806. The molecule has 1 aromatic rings. The number of hydrogen-bond donors (Lipinski definition) is 2. The van der Waals surface area contributed by atoms with Gasteiger partial charge in [-0.2, -0.15) is 0 Å². The van der Waals surface area contributed by atoms with E-state index in [0.717, 1.165) is 0 Å². The van der Waals surface area contributed by atoms with Gasteiger partial charge in [-0.1, -0.05) is 6.07 Å². The Hall–Kier alpha value is -1.55. The van der Waals surface area contributed by atoms with Gasteiger partial charge in [0.2, 0.25) is 0 Å². The molecule has 0 heterocycles. The third-order valence-corrected chi connectivity index (χ3v) is 1.58. The van der Waals surface area contributed by atoms with Gasteiger partial charge in [-0.15, -0.1) is 0 Å². The minimum absolute atomic E-state index is 0.00632. The number of benzene rings is 1. The molecule has 1 aromatic carbocycles. The fraction of sp³-hybridized carbons (Fsp3) is 0.300. The van der Waals surface area contributed by atoms with Gasteiger partial charge < -0.3 is 15.6 Å². The van der Waals surface area contributed by atoms with Gasteiger partial charge in [0.25, 0.3) is 0 Å².